The van der Waals surface area contributed by atoms with Crippen molar-refractivity contribution in [1.82, 2.24) is 0 Å². The van der Waals surface area contributed by atoms with Crippen molar-refractivity contribution in [2.24, 2.45) is 0 Å². The Hall–Kier alpha value is -2.87. The molecule has 2 rings (SSSR count). The van der Waals surface area contributed by atoms with Gasteiger partial charge in [-0.15, -0.1) is 0 Å². The van der Waals surface area contributed by atoms with E-state index in [0.29, 0.717) is 16.9 Å². The van der Waals surface area contributed by atoms with Crippen molar-refractivity contribution < 1.29 is 22.7 Å². The Balaban J connectivity index is 2.33. The maximum absolute atomic E-state index is 12.9. The van der Waals surface area contributed by atoms with Crippen LogP contribution in [0.15, 0.2) is 42.5 Å². The van der Waals surface area contributed by atoms with Crippen molar-refractivity contribution in [3.63, 3.8) is 0 Å². The third-order valence-electron chi connectivity index (χ3n) is 4.35. The molecule has 1 N–H and O–H groups in total. The summed E-state index contributed by atoms with van der Waals surface area (Å²) in [4.78, 5) is 24.8. The first-order valence-electron chi connectivity index (χ1n) is 9.19. The minimum atomic E-state index is -3.71. The van der Waals surface area contributed by atoms with E-state index in [1.807, 2.05) is 13.0 Å². The third-order valence-corrected chi connectivity index (χ3v) is 5.59. The second-order valence-electron chi connectivity index (χ2n) is 6.81. The number of amides is 1. The summed E-state index contributed by atoms with van der Waals surface area (Å²) in [6, 6.07) is 10.8. The van der Waals surface area contributed by atoms with Gasteiger partial charge in [-0.25, -0.2) is 13.2 Å². The summed E-state index contributed by atoms with van der Waals surface area (Å²) >= 11 is 0. The number of benzene rings is 2. The van der Waals surface area contributed by atoms with Gasteiger partial charge in [0.15, 0.2) is 0 Å². The zero-order valence-electron chi connectivity index (χ0n) is 17.2. The zero-order valence-corrected chi connectivity index (χ0v) is 18.0. The molecule has 0 heterocycles. The Labute approximate surface area is 171 Å². The summed E-state index contributed by atoms with van der Waals surface area (Å²) in [7, 11) is -3.71. The van der Waals surface area contributed by atoms with Crippen molar-refractivity contribution in [2.45, 2.75) is 33.7 Å². The Morgan fingerprint density at radius 1 is 1.14 bits per heavy atom. The molecule has 1 atom stereocenters. The van der Waals surface area contributed by atoms with E-state index in [9.17, 15) is 18.0 Å². The van der Waals surface area contributed by atoms with Crippen LogP contribution in [0.5, 0.6) is 0 Å². The lowest BCUT2D eigenvalue weighted by molar-refractivity contribution is -0.116. The Kier molecular flexibility index (Phi) is 7.02. The summed E-state index contributed by atoms with van der Waals surface area (Å²) in [6.07, 6.45) is 1.06. The van der Waals surface area contributed by atoms with Gasteiger partial charge in [-0.2, -0.15) is 0 Å². The molecule has 0 radical (unpaired) electrons. The van der Waals surface area contributed by atoms with Crippen molar-refractivity contribution in [2.75, 3.05) is 22.5 Å². The van der Waals surface area contributed by atoms with E-state index < -0.39 is 27.9 Å². The molecular formula is C21H26N2O5S. The third kappa shape index (κ3) is 5.57. The molecule has 0 spiro atoms. The van der Waals surface area contributed by atoms with Gasteiger partial charge in [0.25, 0.3) is 0 Å². The van der Waals surface area contributed by atoms with Crippen LogP contribution in [0.4, 0.5) is 11.4 Å². The molecule has 0 bridgehead atoms. The summed E-state index contributed by atoms with van der Waals surface area (Å²) in [5.74, 6) is -1.00. The van der Waals surface area contributed by atoms with Crippen LogP contribution in [0.25, 0.3) is 0 Å². The molecule has 0 fully saturated rings. The molecule has 1 unspecified atom stereocenters. The second-order valence-corrected chi connectivity index (χ2v) is 8.67. The van der Waals surface area contributed by atoms with Gasteiger partial charge in [0.2, 0.25) is 15.9 Å². The fourth-order valence-corrected chi connectivity index (χ4v) is 4.08. The topological polar surface area (TPSA) is 92.8 Å². The maximum atomic E-state index is 12.9. The first-order valence-corrected chi connectivity index (χ1v) is 11.0. The van der Waals surface area contributed by atoms with E-state index in [1.165, 1.54) is 13.0 Å². The average Bonchev–Trinajstić information content (AvgIpc) is 2.62. The zero-order chi connectivity index (χ0) is 21.8. The number of esters is 1. The Morgan fingerprint density at radius 3 is 2.41 bits per heavy atom. The van der Waals surface area contributed by atoms with Crippen molar-refractivity contribution in [3.05, 3.63) is 59.2 Å². The second kappa shape index (κ2) is 9.09. The number of carbonyl (C=O) groups excluding carboxylic acids is 2. The average molecular weight is 419 g/mol. The number of nitrogens with one attached hydrogen (secondary N) is 1. The van der Waals surface area contributed by atoms with Gasteiger partial charge >= 0.3 is 5.97 Å². The highest BCUT2D eigenvalue weighted by molar-refractivity contribution is 7.92. The standard InChI is InChI=1S/C21H26N2O5S/c1-6-28-21(25)17-11-10-15(3)19(13-17)22-20(24)16(4)23(29(5,26)27)18-9-7-8-14(2)12-18/h7-13,16H,6H2,1-5H3,(H,22,24). The van der Waals surface area contributed by atoms with E-state index >= 15 is 0 Å². The van der Waals surface area contributed by atoms with Crippen LogP contribution in [0.2, 0.25) is 0 Å². The molecule has 0 aromatic heterocycles. The lowest BCUT2D eigenvalue weighted by atomic mass is 10.1. The van der Waals surface area contributed by atoms with E-state index in [-0.39, 0.29) is 6.61 Å². The fourth-order valence-electron chi connectivity index (χ4n) is 2.91. The molecule has 0 aliphatic heterocycles. The van der Waals surface area contributed by atoms with E-state index in [0.717, 1.165) is 21.7 Å². The van der Waals surface area contributed by atoms with Crippen LogP contribution in [-0.4, -0.2) is 39.2 Å². The molecule has 2 aromatic carbocycles. The molecule has 156 valence electrons. The largest absolute Gasteiger partial charge is 0.462 e. The molecule has 1 amide bonds. The molecule has 0 aliphatic rings. The van der Waals surface area contributed by atoms with Gasteiger partial charge in [-0.3, -0.25) is 9.10 Å². The lowest BCUT2D eigenvalue weighted by Crippen LogP contribution is -2.45. The smallest absolute Gasteiger partial charge is 0.338 e. The van der Waals surface area contributed by atoms with Crippen LogP contribution in [-0.2, 0) is 19.6 Å². The minimum Gasteiger partial charge on any atom is -0.462 e. The molecule has 29 heavy (non-hydrogen) atoms. The minimum absolute atomic E-state index is 0.241. The van der Waals surface area contributed by atoms with Gasteiger partial charge in [-0.1, -0.05) is 18.2 Å². The van der Waals surface area contributed by atoms with Crippen molar-refractivity contribution in [1.29, 1.82) is 0 Å². The number of rotatable bonds is 7. The summed E-state index contributed by atoms with van der Waals surface area (Å²) < 4.78 is 30.9. The molecule has 7 nitrogen and oxygen atoms in total. The number of hydrogen-bond donors (Lipinski definition) is 1. The normalized spacial score (nSPS) is 12.2. The molecule has 2 aromatic rings. The van der Waals surface area contributed by atoms with Crippen LogP contribution in [0.3, 0.4) is 0 Å². The maximum Gasteiger partial charge on any atom is 0.338 e. The first-order chi connectivity index (χ1) is 13.5. The van der Waals surface area contributed by atoms with E-state index in [1.54, 1.807) is 44.2 Å². The summed E-state index contributed by atoms with van der Waals surface area (Å²) in [6.45, 7) is 7.10. The Bertz CT molecular complexity index is 1020. The van der Waals surface area contributed by atoms with Crippen LogP contribution in [0.1, 0.15) is 35.3 Å². The van der Waals surface area contributed by atoms with Gasteiger partial charge in [0.05, 0.1) is 24.1 Å². The predicted octanol–water partition coefficient (Wildman–Crippen LogP) is 3.27. The Morgan fingerprint density at radius 2 is 1.83 bits per heavy atom. The van der Waals surface area contributed by atoms with Gasteiger partial charge < -0.3 is 10.1 Å². The van der Waals surface area contributed by atoms with Crippen LogP contribution >= 0.6 is 0 Å². The first kappa shape index (κ1) is 22.4. The monoisotopic (exact) mass is 418 g/mol. The highest BCUT2D eigenvalue weighted by atomic mass is 32.2. The van der Waals surface area contributed by atoms with Crippen LogP contribution in [0, 0.1) is 13.8 Å². The number of nitrogens with zero attached hydrogens (tertiary/aromatic N) is 1. The molecule has 0 saturated heterocycles. The van der Waals surface area contributed by atoms with Gasteiger partial charge in [0, 0.05) is 5.69 Å². The van der Waals surface area contributed by atoms with Crippen molar-refractivity contribution >= 4 is 33.3 Å². The number of carbonyl (C=O) groups is 2. The SMILES string of the molecule is CCOC(=O)c1ccc(C)c(NC(=O)C(C)N(c2cccc(C)c2)S(C)(=O)=O)c1. The van der Waals surface area contributed by atoms with Crippen LogP contribution < -0.4 is 9.62 Å². The number of sulfonamides is 1. The van der Waals surface area contributed by atoms with E-state index in [2.05, 4.69) is 5.32 Å². The molecule has 0 aliphatic carbocycles. The molecule has 8 heteroatoms. The van der Waals surface area contributed by atoms with E-state index in [4.69, 9.17) is 4.74 Å². The predicted molar refractivity (Wildman–Crippen MR) is 114 cm³/mol. The quantitative estimate of drug-likeness (QED) is 0.697. The highest BCUT2D eigenvalue weighted by Crippen LogP contribution is 2.24. The fraction of sp³-hybridized carbons (Fsp3) is 0.333. The van der Waals surface area contributed by atoms with Gasteiger partial charge in [-0.05, 0) is 63.1 Å². The number of anilines is 2. The summed E-state index contributed by atoms with van der Waals surface area (Å²) in [5.41, 5.74) is 2.75. The summed E-state index contributed by atoms with van der Waals surface area (Å²) in [5, 5.41) is 2.73. The lowest BCUT2D eigenvalue weighted by Gasteiger charge is -2.28. The number of hydrogen-bond acceptors (Lipinski definition) is 5. The number of aryl methyl sites for hydroxylation is 2. The molecular weight excluding hydrogens is 392 g/mol. The molecule has 0 saturated carbocycles. The highest BCUT2D eigenvalue weighted by Gasteiger charge is 2.29. The number of ether oxygens (including phenoxy) is 1. The van der Waals surface area contributed by atoms with Gasteiger partial charge in [0.1, 0.15) is 6.04 Å². The van der Waals surface area contributed by atoms with Crippen molar-refractivity contribution in [3.8, 4) is 0 Å².